The van der Waals surface area contributed by atoms with E-state index >= 15 is 0 Å². The van der Waals surface area contributed by atoms with Crippen LogP contribution in [-0.4, -0.2) is 32.7 Å². The third-order valence-electron chi connectivity index (χ3n) is 2.80. The summed E-state index contributed by atoms with van der Waals surface area (Å²) >= 11 is 7.50. The molecule has 1 aromatic heterocycles. The first-order valence-electron chi connectivity index (χ1n) is 6.04. The van der Waals surface area contributed by atoms with Gasteiger partial charge in [0, 0.05) is 6.54 Å². The van der Waals surface area contributed by atoms with Gasteiger partial charge in [-0.3, -0.25) is 23.9 Å². The van der Waals surface area contributed by atoms with E-state index in [1.807, 2.05) is 6.92 Å². The highest BCUT2D eigenvalue weighted by Crippen LogP contribution is 2.30. The minimum absolute atomic E-state index is 0.224. The van der Waals surface area contributed by atoms with Gasteiger partial charge in [-0.05, 0) is 13.8 Å². The van der Waals surface area contributed by atoms with Crippen LogP contribution in [0, 0.1) is 0 Å². The van der Waals surface area contributed by atoms with Gasteiger partial charge in [0.15, 0.2) is 6.73 Å². The molecule has 0 bridgehead atoms. The molecule has 112 valence electrons. The summed E-state index contributed by atoms with van der Waals surface area (Å²) in [5.74, 6) is -0.226. The first-order chi connectivity index (χ1) is 10.0. The number of hydrogen-bond acceptors (Lipinski definition) is 7. The van der Waals surface area contributed by atoms with Crippen molar-refractivity contribution in [2.75, 3.05) is 6.54 Å². The molecule has 0 atom stereocenters. The quantitative estimate of drug-likeness (QED) is 0.558. The average Bonchev–Trinajstić information content (AvgIpc) is 2.93. The van der Waals surface area contributed by atoms with Crippen LogP contribution in [0.3, 0.4) is 0 Å². The van der Waals surface area contributed by atoms with Gasteiger partial charge in [-0.15, -0.1) is 11.3 Å². The first-order valence-corrected chi connectivity index (χ1v) is 8.08. The Bertz CT molecular complexity index is 777. The molecule has 2 rings (SSSR count). The Morgan fingerprint density at radius 2 is 2.10 bits per heavy atom. The highest BCUT2D eigenvalue weighted by molar-refractivity contribution is 8.30. The van der Waals surface area contributed by atoms with Crippen LogP contribution >= 0.6 is 35.3 Å². The van der Waals surface area contributed by atoms with E-state index in [-0.39, 0.29) is 24.7 Å². The number of nitrogens with zero attached hydrogens (tertiary/aromatic N) is 2. The first kappa shape index (κ1) is 15.9. The van der Waals surface area contributed by atoms with Crippen molar-refractivity contribution in [2.45, 2.75) is 20.6 Å². The van der Waals surface area contributed by atoms with E-state index in [0.29, 0.717) is 25.0 Å². The molecule has 0 N–H and O–H groups in total. The molecular weight excluding hydrogens is 332 g/mol. The Labute approximate surface area is 133 Å². The number of thioether (sulfide) groups is 1. The van der Waals surface area contributed by atoms with Crippen molar-refractivity contribution in [3.8, 4) is 0 Å². The Balaban J connectivity index is 2.71. The standard InChI is InChI=1S/C12H12N2O4S3/c1-3-7-9(16)14(5-18-6-15)11(20-7)8-10(17)13(4-2)12(19)21-8/h3,6H,4-5H2,1-2H3. The van der Waals surface area contributed by atoms with Crippen molar-refractivity contribution < 1.29 is 14.3 Å². The van der Waals surface area contributed by atoms with Gasteiger partial charge in [-0.25, -0.2) is 0 Å². The average molecular weight is 344 g/mol. The molecule has 1 saturated heterocycles. The van der Waals surface area contributed by atoms with Gasteiger partial charge in [0.1, 0.15) is 13.9 Å². The largest absolute Gasteiger partial charge is 0.446 e. The third-order valence-corrected chi connectivity index (χ3v) is 5.62. The van der Waals surface area contributed by atoms with Crippen LogP contribution in [0.5, 0.6) is 0 Å². The summed E-state index contributed by atoms with van der Waals surface area (Å²) in [6.45, 7) is 4.08. The summed E-state index contributed by atoms with van der Waals surface area (Å²) < 4.78 is 7.35. The molecule has 0 saturated carbocycles. The van der Waals surface area contributed by atoms with Gasteiger partial charge >= 0.3 is 0 Å². The molecule has 2 heterocycles. The summed E-state index contributed by atoms with van der Waals surface area (Å²) in [6.07, 6.45) is 1.66. The van der Waals surface area contributed by atoms with Gasteiger partial charge in [0.25, 0.3) is 17.9 Å². The lowest BCUT2D eigenvalue weighted by atomic mass is 10.5. The Morgan fingerprint density at radius 1 is 1.38 bits per heavy atom. The van der Waals surface area contributed by atoms with Gasteiger partial charge < -0.3 is 4.74 Å². The molecule has 1 aromatic rings. The van der Waals surface area contributed by atoms with Crippen molar-refractivity contribution >= 4 is 63.0 Å². The SMILES string of the molecule is CC=c1sc(=C2SC(=S)N(CC)C2=O)n(COC=O)c1=O. The number of carbonyl (C=O) groups excluding carboxylic acids is 2. The fourth-order valence-electron chi connectivity index (χ4n) is 1.80. The monoisotopic (exact) mass is 344 g/mol. The molecule has 1 fully saturated rings. The van der Waals surface area contributed by atoms with Crippen molar-refractivity contribution in [3.05, 3.63) is 19.5 Å². The zero-order chi connectivity index (χ0) is 15.6. The zero-order valence-corrected chi connectivity index (χ0v) is 13.8. The number of rotatable bonds is 4. The minimum atomic E-state index is -0.291. The van der Waals surface area contributed by atoms with Crippen molar-refractivity contribution in [2.24, 2.45) is 0 Å². The molecule has 6 nitrogen and oxygen atoms in total. The lowest BCUT2D eigenvalue weighted by Gasteiger charge is -2.09. The number of thiocarbonyl (C=S) groups is 1. The molecule has 1 amide bonds. The van der Waals surface area contributed by atoms with Crippen molar-refractivity contribution in [1.29, 1.82) is 0 Å². The summed E-state index contributed by atoms with van der Waals surface area (Å²) in [4.78, 5) is 36.8. The highest BCUT2D eigenvalue weighted by atomic mass is 32.2. The van der Waals surface area contributed by atoms with Crippen LogP contribution in [0.1, 0.15) is 13.8 Å². The number of hydrogen-bond donors (Lipinski definition) is 0. The van der Waals surface area contributed by atoms with Crippen LogP contribution in [0.4, 0.5) is 0 Å². The number of amides is 1. The molecule has 0 spiro atoms. The minimum Gasteiger partial charge on any atom is -0.446 e. The predicted octanol–water partition coefficient (Wildman–Crippen LogP) is -0.171. The fourth-order valence-corrected chi connectivity index (χ4v) is 4.35. The van der Waals surface area contributed by atoms with Gasteiger partial charge in [0.05, 0.1) is 4.53 Å². The van der Waals surface area contributed by atoms with E-state index in [9.17, 15) is 14.4 Å². The lowest BCUT2D eigenvalue weighted by molar-refractivity contribution is -0.132. The number of carbonyl (C=O) groups is 2. The zero-order valence-electron chi connectivity index (χ0n) is 11.3. The Morgan fingerprint density at radius 3 is 2.62 bits per heavy atom. The summed E-state index contributed by atoms with van der Waals surface area (Å²) in [6, 6.07) is 0. The van der Waals surface area contributed by atoms with Gasteiger partial charge in [-0.2, -0.15) is 0 Å². The summed E-state index contributed by atoms with van der Waals surface area (Å²) in [5.41, 5.74) is -0.291. The number of aromatic nitrogens is 1. The van der Waals surface area contributed by atoms with Crippen molar-refractivity contribution in [1.82, 2.24) is 9.47 Å². The number of thiazole rings is 1. The second-order valence-electron chi connectivity index (χ2n) is 3.93. The van der Waals surface area contributed by atoms with E-state index in [2.05, 4.69) is 4.74 Å². The molecule has 0 aromatic carbocycles. The summed E-state index contributed by atoms with van der Waals surface area (Å²) in [7, 11) is 0. The third kappa shape index (κ3) is 2.81. The highest BCUT2D eigenvalue weighted by Gasteiger charge is 2.32. The lowest BCUT2D eigenvalue weighted by Crippen LogP contribution is -2.34. The Kier molecular flexibility index (Phi) is 4.96. The van der Waals surface area contributed by atoms with E-state index < -0.39 is 0 Å². The van der Waals surface area contributed by atoms with Crippen LogP contribution in [0.2, 0.25) is 0 Å². The van der Waals surface area contributed by atoms with Gasteiger partial charge in [-0.1, -0.05) is 30.1 Å². The molecule has 0 radical (unpaired) electrons. The molecular formula is C12H12N2O4S3. The Hall–Kier alpha value is -1.45. The predicted molar refractivity (Wildman–Crippen MR) is 86.1 cm³/mol. The van der Waals surface area contributed by atoms with Gasteiger partial charge in [0.2, 0.25) is 0 Å². The molecule has 0 unspecified atom stereocenters. The molecule has 1 aliphatic heterocycles. The molecule has 0 aliphatic carbocycles. The van der Waals surface area contributed by atoms with E-state index in [1.165, 1.54) is 20.8 Å². The van der Waals surface area contributed by atoms with E-state index in [1.54, 1.807) is 13.0 Å². The van der Waals surface area contributed by atoms with Crippen molar-refractivity contribution in [3.63, 3.8) is 0 Å². The molecule has 21 heavy (non-hydrogen) atoms. The van der Waals surface area contributed by atoms with Crippen LogP contribution in [0.15, 0.2) is 4.79 Å². The van der Waals surface area contributed by atoms with E-state index in [4.69, 9.17) is 12.2 Å². The number of ether oxygens (including phenoxy) is 1. The second-order valence-corrected chi connectivity index (χ2v) is 6.61. The fraction of sp³-hybridized carbons (Fsp3) is 0.333. The van der Waals surface area contributed by atoms with Crippen LogP contribution < -0.4 is 14.8 Å². The van der Waals surface area contributed by atoms with E-state index in [0.717, 1.165) is 11.8 Å². The normalized spacial score (nSPS) is 18.6. The molecule has 1 aliphatic rings. The maximum absolute atomic E-state index is 12.3. The maximum Gasteiger partial charge on any atom is 0.294 e. The topological polar surface area (TPSA) is 68.6 Å². The van der Waals surface area contributed by atoms with Crippen LogP contribution in [-0.2, 0) is 21.1 Å². The van der Waals surface area contributed by atoms with Crippen LogP contribution in [0.25, 0.3) is 11.0 Å². The summed E-state index contributed by atoms with van der Waals surface area (Å²) in [5, 5.41) is 0. The smallest absolute Gasteiger partial charge is 0.294 e. The molecule has 9 heteroatoms. The maximum atomic E-state index is 12.3. The second kappa shape index (κ2) is 6.54.